The van der Waals surface area contributed by atoms with Gasteiger partial charge in [-0.2, -0.15) is 10.4 Å². The zero-order chi connectivity index (χ0) is 40.1. The number of amides is 3. The molecule has 14 nitrogen and oxygen atoms in total. The van der Waals surface area contributed by atoms with E-state index in [9.17, 15) is 19.2 Å². The number of piperidine rings is 3. The molecule has 3 saturated heterocycles. The molecule has 0 bridgehead atoms. The largest absolute Gasteiger partial charge is 0.370 e. The van der Waals surface area contributed by atoms with Gasteiger partial charge in [-0.05, 0) is 106 Å². The van der Waals surface area contributed by atoms with Crippen LogP contribution in [0.2, 0.25) is 0 Å². The Bertz CT molecular complexity index is 2530. The number of para-hydroxylation sites is 1. The summed E-state index contributed by atoms with van der Waals surface area (Å²) in [5, 5.41) is 19.6. The first-order chi connectivity index (χ1) is 28.1. The van der Waals surface area contributed by atoms with Crippen molar-refractivity contribution < 1.29 is 18.8 Å². The molecule has 300 valence electrons. The van der Waals surface area contributed by atoms with Gasteiger partial charge in [0.05, 0.1) is 45.1 Å². The summed E-state index contributed by atoms with van der Waals surface area (Å²) in [6, 6.07) is 11.8. The molecule has 3 aliphatic heterocycles. The number of rotatable bonds is 7. The SMILES string of the molecule is Cn1c(=O)n(C2CCC(=O)NC2=O)c2cccc(N3CCC4(CCN(CC5CCC(n6cc7cc(NC(=O)c8cncc(C#N)c8)c(F)cc7n6)CC5)CC4)CC3)c21. The van der Waals surface area contributed by atoms with Gasteiger partial charge in [0.15, 0.2) is 0 Å². The third-order valence-electron chi connectivity index (χ3n) is 13.4. The van der Waals surface area contributed by atoms with E-state index in [-0.39, 0.29) is 40.9 Å². The quantitative estimate of drug-likeness (QED) is 0.205. The number of aryl methyl sites for hydroxylation is 1. The minimum Gasteiger partial charge on any atom is -0.370 e. The number of nitrogens with one attached hydrogen (secondary N) is 2. The molecule has 0 radical (unpaired) electrons. The second-order valence-corrected chi connectivity index (χ2v) is 16.8. The van der Waals surface area contributed by atoms with Crippen LogP contribution in [0.25, 0.3) is 21.9 Å². The Morgan fingerprint density at radius 1 is 1.00 bits per heavy atom. The summed E-state index contributed by atoms with van der Waals surface area (Å²) in [7, 11) is 1.77. The van der Waals surface area contributed by atoms with Crippen molar-refractivity contribution in [2.45, 2.75) is 76.3 Å². The number of nitriles is 1. The number of carbonyl (C=O) groups excluding carboxylic acids is 3. The summed E-state index contributed by atoms with van der Waals surface area (Å²) in [6.07, 6.45) is 14.0. The Balaban J connectivity index is 0.771. The summed E-state index contributed by atoms with van der Waals surface area (Å²) in [6.45, 7) is 5.16. The number of hydrogen-bond acceptors (Lipinski definition) is 9. The molecule has 58 heavy (non-hydrogen) atoms. The van der Waals surface area contributed by atoms with E-state index in [1.54, 1.807) is 22.2 Å². The Morgan fingerprint density at radius 3 is 2.50 bits per heavy atom. The number of pyridine rings is 1. The Kier molecular flexibility index (Phi) is 9.83. The third kappa shape index (κ3) is 7.03. The van der Waals surface area contributed by atoms with Crippen molar-refractivity contribution in [3.05, 3.63) is 82.4 Å². The van der Waals surface area contributed by atoms with Crippen LogP contribution in [0.5, 0.6) is 0 Å². The number of aromatic nitrogens is 5. The highest BCUT2D eigenvalue weighted by Gasteiger charge is 2.39. The predicted octanol–water partition coefficient (Wildman–Crippen LogP) is 5.44. The number of benzene rings is 2. The summed E-state index contributed by atoms with van der Waals surface area (Å²) in [5.41, 5.74) is 3.71. The molecule has 1 spiro atoms. The average Bonchev–Trinajstić information content (AvgIpc) is 3.76. The standard InChI is InChI=1S/C43H47FN10O4/c1-50-39-35(3-2-4-36(39)54(42(50)58)37-9-10-38(55)48-41(37)57)52-17-13-43(14-18-52)11-15-51(16-12-43)25-27-5-7-31(8-6-27)53-26-30-20-34(32(44)21-33(30)49-53)47-40(56)29-19-28(22-45)23-46-24-29/h2-4,19-21,23-24,26-27,31,37H,5-18,25H2,1H3,(H,47,56)(H,48,55,57). The lowest BCUT2D eigenvalue weighted by atomic mass is 9.71. The summed E-state index contributed by atoms with van der Waals surface area (Å²) in [4.78, 5) is 59.8. The fourth-order valence-electron chi connectivity index (χ4n) is 9.96. The molecule has 1 saturated carbocycles. The van der Waals surface area contributed by atoms with Gasteiger partial charge in [0.2, 0.25) is 11.8 Å². The van der Waals surface area contributed by atoms with Gasteiger partial charge in [-0.3, -0.25) is 38.5 Å². The second-order valence-electron chi connectivity index (χ2n) is 16.8. The van der Waals surface area contributed by atoms with Crippen LogP contribution < -0.4 is 21.2 Å². The molecule has 15 heteroatoms. The van der Waals surface area contributed by atoms with Crippen LogP contribution in [0.1, 0.15) is 92.2 Å². The fourth-order valence-corrected chi connectivity index (χ4v) is 9.96. The average molecular weight is 787 g/mol. The zero-order valence-electron chi connectivity index (χ0n) is 32.6. The van der Waals surface area contributed by atoms with E-state index < -0.39 is 23.7 Å². The smallest absolute Gasteiger partial charge is 0.329 e. The molecule has 6 heterocycles. The van der Waals surface area contributed by atoms with Gasteiger partial charge in [-0.25, -0.2) is 9.18 Å². The Labute approximate surface area is 334 Å². The maximum Gasteiger partial charge on any atom is 0.329 e. The number of likely N-dealkylation sites (tertiary alicyclic amines) is 1. The monoisotopic (exact) mass is 786 g/mol. The molecule has 9 rings (SSSR count). The van der Waals surface area contributed by atoms with Gasteiger partial charge in [0.25, 0.3) is 5.91 Å². The Hall–Kier alpha value is -5.88. The van der Waals surface area contributed by atoms with Crippen LogP contribution in [0, 0.1) is 28.5 Å². The van der Waals surface area contributed by atoms with E-state index in [1.807, 2.05) is 29.1 Å². The van der Waals surface area contributed by atoms with Crippen LogP contribution in [-0.4, -0.2) is 79.2 Å². The van der Waals surface area contributed by atoms with Gasteiger partial charge >= 0.3 is 5.69 Å². The lowest BCUT2D eigenvalue weighted by molar-refractivity contribution is -0.135. The van der Waals surface area contributed by atoms with E-state index in [0.29, 0.717) is 23.3 Å². The maximum absolute atomic E-state index is 15.1. The van der Waals surface area contributed by atoms with E-state index in [0.717, 1.165) is 93.4 Å². The van der Waals surface area contributed by atoms with Crippen molar-refractivity contribution >= 4 is 51.0 Å². The minimum absolute atomic E-state index is 0.0574. The number of imide groups is 1. The van der Waals surface area contributed by atoms with Crippen molar-refractivity contribution in [3.63, 3.8) is 0 Å². The molecule has 1 atom stereocenters. The lowest BCUT2D eigenvalue weighted by Crippen LogP contribution is -2.48. The topological polar surface area (TPSA) is 163 Å². The van der Waals surface area contributed by atoms with Crippen molar-refractivity contribution in [1.82, 2.24) is 34.1 Å². The summed E-state index contributed by atoms with van der Waals surface area (Å²) in [5.74, 6) is -1.19. The first-order valence-corrected chi connectivity index (χ1v) is 20.4. The lowest BCUT2D eigenvalue weighted by Gasteiger charge is -2.48. The van der Waals surface area contributed by atoms with Crippen LogP contribution >= 0.6 is 0 Å². The highest BCUT2D eigenvalue weighted by molar-refractivity contribution is 6.05. The highest BCUT2D eigenvalue weighted by atomic mass is 19.1. The fraction of sp³-hybridized carbons (Fsp3) is 0.465. The molecule has 4 aliphatic rings. The second kappa shape index (κ2) is 15.1. The van der Waals surface area contributed by atoms with E-state index >= 15 is 4.39 Å². The molecule has 5 aromatic rings. The van der Waals surface area contributed by atoms with Crippen LogP contribution in [0.15, 0.2) is 59.8 Å². The normalized spacial score (nSPS) is 22.6. The first kappa shape index (κ1) is 37.7. The van der Waals surface area contributed by atoms with Gasteiger partial charge in [0.1, 0.15) is 17.9 Å². The number of anilines is 2. The molecule has 1 unspecified atom stereocenters. The first-order valence-electron chi connectivity index (χ1n) is 20.4. The molecular formula is C43H47FN10O4. The maximum atomic E-state index is 15.1. The number of halogens is 1. The number of nitrogens with zero attached hydrogens (tertiary/aromatic N) is 8. The number of imidazole rings is 1. The molecule has 2 N–H and O–H groups in total. The number of carbonyl (C=O) groups is 3. The van der Waals surface area contributed by atoms with Crippen molar-refractivity contribution in [3.8, 4) is 6.07 Å². The van der Waals surface area contributed by atoms with Gasteiger partial charge in [-0.1, -0.05) is 6.07 Å². The van der Waals surface area contributed by atoms with Crippen LogP contribution in [0.4, 0.5) is 15.8 Å². The van der Waals surface area contributed by atoms with Crippen LogP contribution in [0.3, 0.4) is 0 Å². The minimum atomic E-state index is -0.697. The molecule has 1 aliphatic carbocycles. The molecule has 2 aromatic carbocycles. The Morgan fingerprint density at radius 2 is 1.76 bits per heavy atom. The zero-order valence-corrected chi connectivity index (χ0v) is 32.6. The van der Waals surface area contributed by atoms with E-state index in [4.69, 9.17) is 10.4 Å². The van der Waals surface area contributed by atoms with Crippen LogP contribution in [-0.2, 0) is 16.6 Å². The number of hydrogen-bond donors (Lipinski definition) is 2. The molecule has 3 aromatic heterocycles. The van der Waals surface area contributed by atoms with Gasteiger partial charge in [0, 0.05) is 63.1 Å². The molecule has 3 amide bonds. The molecular weight excluding hydrogens is 740 g/mol. The van der Waals surface area contributed by atoms with E-state index in [2.05, 4.69) is 31.5 Å². The third-order valence-corrected chi connectivity index (χ3v) is 13.4. The van der Waals surface area contributed by atoms with Crippen molar-refractivity contribution in [1.29, 1.82) is 5.26 Å². The van der Waals surface area contributed by atoms with E-state index in [1.165, 1.54) is 37.4 Å². The van der Waals surface area contributed by atoms with Gasteiger partial charge in [-0.15, -0.1) is 0 Å². The summed E-state index contributed by atoms with van der Waals surface area (Å²) >= 11 is 0. The summed E-state index contributed by atoms with van der Waals surface area (Å²) < 4.78 is 20.2. The van der Waals surface area contributed by atoms with Gasteiger partial charge < -0.3 is 15.1 Å². The van der Waals surface area contributed by atoms with Crippen molar-refractivity contribution in [2.75, 3.05) is 42.9 Å². The van der Waals surface area contributed by atoms with Crippen molar-refractivity contribution in [2.24, 2.45) is 18.4 Å². The predicted molar refractivity (Wildman–Crippen MR) is 216 cm³/mol. The highest BCUT2D eigenvalue weighted by Crippen LogP contribution is 2.44. The molecule has 4 fully saturated rings. The number of fused-ring (bicyclic) bond motifs is 2.